The third kappa shape index (κ3) is 5.42. The summed E-state index contributed by atoms with van der Waals surface area (Å²) in [5.41, 5.74) is 7.25. The first-order valence-electron chi connectivity index (χ1n) is 7.63. The molecule has 2 N–H and O–H groups in total. The first-order chi connectivity index (χ1) is 10.1. The molecule has 0 saturated carbocycles. The van der Waals surface area contributed by atoms with Gasteiger partial charge in [0.05, 0.1) is 0 Å². The van der Waals surface area contributed by atoms with E-state index in [1.54, 1.807) is 0 Å². The van der Waals surface area contributed by atoms with Crippen LogP contribution in [0.2, 0.25) is 19.6 Å². The zero-order chi connectivity index (χ0) is 16.9. The highest BCUT2D eigenvalue weighted by Gasteiger charge is 2.33. The molecule has 1 amide bonds. The number of hydrogen-bond acceptors (Lipinski definition) is 4. The Morgan fingerprint density at radius 1 is 1.32 bits per heavy atom. The van der Waals surface area contributed by atoms with Gasteiger partial charge < -0.3 is 14.9 Å². The van der Waals surface area contributed by atoms with Crippen molar-refractivity contribution in [2.24, 2.45) is 11.7 Å². The maximum atomic E-state index is 12.0. The van der Waals surface area contributed by atoms with Crippen LogP contribution in [-0.4, -0.2) is 33.4 Å². The monoisotopic (exact) mass is 325 g/mol. The molecular formula is C16H27NO4Si. The Labute approximate surface area is 133 Å². The van der Waals surface area contributed by atoms with Crippen molar-refractivity contribution in [3.05, 3.63) is 23.3 Å². The molecule has 0 aliphatic heterocycles. The second-order valence-corrected chi connectivity index (χ2v) is 11.1. The summed E-state index contributed by atoms with van der Waals surface area (Å²) >= 11 is 0. The number of unbranched alkanes of at least 4 members (excludes halogenated alkanes) is 1. The van der Waals surface area contributed by atoms with Gasteiger partial charge in [0.15, 0.2) is 14.1 Å². The van der Waals surface area contributed by atoms with Crippen molar-refractivity contribution >= 4 is 20.2 Å². The number of amides is 1. The van der Waals surface area contributed by atoms with E-state index in [1.165, 1.54) is 0 Å². The third-order valence-corrected chi connectivity index (χ3v) is 4.79. The number of hydrogen-bond donors (Lipinski definition) is 1. The first kappa shape index (κ1) is 18.6. The van der Waals surface area contributed by atoms with Crippen LogP contribution in [0.5, 0.6) is 0 Å². The summed E-state index contributed by atoms with van der Waals surface area (Å²) in [6.45, 7) is 13.0. The van der Waals surface area contributed by atoms with Crippen LogP contribution in [0.1, 0.15) is 26.2 Å². The molecule has 0 aromatic carbocycles. The van der Waals surface area contributed by atoms with Crippen molar-refractivity contribution in [1.82, 2.24) is 0 Å². The van der Waals surface area contributed by atoms with Gasteiger partial charge >= 0.3 is 6.09 Å². The lowest BCUT2D eigenvalue weighted by molar-refractivity contribution is -0.112. The van der Waals surface area contributed by atoms with Crippen molar-refractivity contribution in [3.8, 4) is 0 Å². The Kier molecular flexibility index (Phi) is 6.56. The standard InChI is InChI=1S/C16H27NO4Si/c1-11-13(8-6-7-9-21-22(3,4)5)14(10-20-16(17)19)12(2)15(11)18/h14H,2,6-10H2,1,3-5H3,(H2,17,19). The third-order valence-electron chi connectivity index (χ3n) is 3.72. The fraction of sp³-hybridized carbons (Fsp3) is 0.625. The zero-order valence-corrected chi connectivity index (χ0v) is 15.0. The van der Waals surface area contributed by atoms with E-state index in [2.05, 4.69) is 26.2 Å². The van der Waals surface area contributed by atoms with Gasteiger partial charge in [-0.3, -0.25) is 4.79 Å². The van der Waals surface area contributed by atoms with E-state index in [-0.39, 0.29) is 18.3 Å². The van der Waals surface area contributed by atoms with Crippen LogP contribution in [0.3, 0.4) is 0 Å². The van der Waals surface area contributed by atoms with Gasteiger partial charge in [0.1, 0.15) is 6.61 Å². The van der Waals surface area contributed by atoms with Crippen molar-refractivity contribution < 1.29 is 18.8 Å². The molecule has 5 nitrogen and oxygen atoms in total. The van der Waals surface area contributed by atoms with Crippen LogP contribution in [0, 0.1) is 5.92 Å². The summed E-state index contributed by atoms with van der Waals surface area (Å²) in [5.74, 6) is -0.260. The number of Topliss-reactive ketones (excluding diaryl/α,β-unsaturated/α-hetero) is 1. The van der Waals surface area contributed by atoms with Gasteiger partial charge in [-0.1, -0.05) is 12.2 Å². The minimum absolute atomic E-state index is 0.0357. The van der Waals surface area contributed by atoms with E-state index in [1.807, 2.05) is 6.92 Å². The smallest absolute Gasteiger partial charge is 0.404 e. The van der Waals surface area contributed by atoms with Crippen LogP contribution in [-0.2, 0) is 14.0 Å². The Morgan fingerprint density at radius 2 is 1.95 bits per heavy atom. The molecule has 0 spiro atoms. The largest absolute Gasteiger partial charge is 0.449 e. The van der Waals surface area contributed by atoms with Gasteiger partial charge in [-0.05, 0) is 51.4 Å². The number of nitrogens with two attached hydrogens (primary N) is 1. The van der Waals surface area contributed by atoms with Gasteiger partial charge in [-0.2, -0.15) is 0 Å². The fourth-order valence-corrected chi connectivity index (χ4v) is 3.30. The number of allylic oxidation sites excluding steroid dienone is 1. The molecule has 0 bridgehead atoms. The maximum Gasteiger partial charge on any atom is 0.404 e. The number of ether oxygens (including phenoxy) is 1. The molecule has 0 saturated heterocycles. The SMILES string of the molecule is C=C1C(=O)C(C)=C(CCCCO[Si](C)(C)C)C1COC(N)=O. The van der Waals surface area contributed by atoms with Crippen LogP contribution >= 0.6 is 0 Å². The summed E-state index contributed by atoms with van der Waals surface area (Å²) in [6.07, 6.45) is 1.85. The highest BCUT2D eigenvalue weighted by atomic mass is 28.4. The van der Waals surface area contributed by atoms with Crippen LogP contribution in [0.25, 0.3) is 0 Å². The van der Waals surface area contributed by atoms with E-state index in [9.17, 15) is 9.59 Å². The lowest BCUT2D eigenvalue weighted by atomic mass is 9.94. The molecule has 0 radical (unpaired) electrons. The topological polar surface area (TPSA) is 78.6 Å². The lowest BCUT2D eigenvalue weighted by Crippen LogP contribution is -2.25. The molecule has 1 aliphatic rings. The predicted octanol–water partition coefficient (Wildman–Crippen LogP) is 3.18. The molecule has 0 aromatic rings. The molecule has 1 rings (SSSR count). The first-order valence-corrected chi connectivity index (χ1v) is 11.0. The van der Waals surface area contributed by atoms with Gasteiger partial charge in [0, 0.05) is 18.1 Å². The molecule has 0 heterocycles. The lowest BCUT2D eigenvalue weighted by Gasteiger charge is -2.18. The number of rotatable bonds is 8. The van der Waals surface area contributed by atoms with Gasteiger partial charge in [-0.25, -0.2) is 4.79 Å². The Hall–Kier alpha value is -1.40. The van der Waals surface area contributed by atoms with Crippen LogP contribution in [0.15, 0.2) is 23.3 Å². The predicted molar refractivity (Wildman–Crippen MR) is 89.0 cm³/mol. The molecular weight excluding hydrogens is 298 g/mol. The average Bonchev–Trinajstić information content (AvgIpc) is 2.59. The van der Waals surface area contributed by atoms with E-state index in [0.29, 0.717) is 5.57 Å². The minimum atomic E-state index is -1.46. The summed E-state index contributed by atoms with van der Waals surface area (Å²) in [6, 6.07) is 0. The maximum absolute atomic E-state index is 12.0. The normalized spacial score (nSPS) is 19.0. The average molecular weight is 325 g/mol. The quantitative estimate of drug-likeness (QED) is 0.422. The minimum Gasteiger partial charge on any atom is -0.449 e. The molecule has 1 aliphatic carbocycles. The fourth-order valence-electron chi connectivity index (χ4n) is 2.54. The summed E-state index contributed by atoms with van der Waals surface area (Å²) < 4.78 is 10.7. The molecule has 6 heteroatoms. The molecule has 1 unspecified atom stereocenters. The van der Waals surface area contributed by atoms with E-state index in [4.69, 9.17) is 14.9 Å². The summed E-state index contributed by atoms with van der Waals surface area (Å²) in [5, 5.41) is 0. The van der Waals surface area contributed by atoms with E-state index >= 15 is 0 Å². The van der Waals surface area contributed by atoms with Crippen molar-refractivity contribution in [3.63, 3.8) is 0 Å². The Morgan fingerprint density at radius 3 is 2.50 bits per heavy atom. The molecule has 0 fully saturated rings. The van der Waals surface area contributed by atoms with Gasteiger partial charge in [0.2, 0.25) is 0 Å². The number of carbonyl (C=O) groups is 2. The second kappa shape index (κ2) is 7.74. The summed E-state index contributed by atoms with van der Waals surface area (Å²) in [7, 11) is -1.46. The number of primary amides is 1. The number of carbonyl (C=O) groups excluding carboxylic acids is 2. The Balaban J connectivity index is 2.55. The van der Waals surface area contributed by atoms with Gasteiger partial charge in [-0.15, -0.1) is 0 Å². The Bertz CT molecular complexity index is 491. The van der Waals surface area contributed by atoms with Crippen LogP contribution < -0.4 is 5.73 Å². The van der Waals surface area contributed by atoms with Crippen LogP contribution in [0.4, 0.5) is 4.79 Å². The highest BCUT2D eigenvalue weighted by Crippen LogP contribution is 2.36. The van der Waals surface area contributed by atoms with Gasteiger partial charge in [0.25, 0.3) is 0 Å². The second-order valence-electron chi connectivity index (χ2n) is 6.61. The van der Waals surface area contributed by atoms with E-state index < -0.39 is 14.4 Å². The molecule has 1 atom stereocenters. The summed E-state index contributed by atoms with van der Waals surface area (Å²) in [4.78, 5) is 22.8. The van der Waals surface area contributed by atoms with E-state index in [0.717, 1.165) is 37.0 Å². The van der Waals surface area contributed by atoms with Crippen molar-refractivity contribution in [1.29, 1.82) is 0 Å². The molecule has 0 aromatic heterocycles. The molecule has 124 valence electrons. The molecule has 22 heavy (non-hydrogen) atoms. The van der Waals surface area contributed by atoms with Crippen molar-refractivity contribution in [2.45, 2.75) is 45.8 Å². The zero-order valence-electron chi connectivity index (χ0n) is 14.0. The van der Waals surface area contributed by atoms with Crippen molar-refractivity contribution in [2.75, 3.05) is 13.2 Å². The highest BCUT2D eigenvalue weighted by molar-refractivity contribution is 6.69. The number of ketones is 1.